The monoisotopic (exact) mass is 253 g/mol. The third kappa shape index (κ3) is 3.21. The summed E-state index contributed by atoms with van der Waals surface area (Å²) in [6.45, 7) is 3.70. The maximum Gasteiger partial charge on any atom is 0.165 e. The highest BCUT2D eigenvalue weighted by atomic mass is 19.1. The molecule has 1 aromatic rings. The van der Waals surface area contributed by atoms with Gasteiger partial charge in [0.05, 0.1) is 13.2 Å². The Hall–Kier alpha value is -1.13. The van der Waals surface area contributed by atoms with Gasteiger partial charge in [-0.1, -0.05) is 6.07 Å². The van der Waals surface area contributed by atoms with Crippen molar-refractivity contribution in [1.29, 1.82) is 0 Å². The molecule has 0 aliphatic carbocycles. The molecule has 1 aromatic carbocycles. The molecule has 18 heavy (non-hydrogen) atoms. The summed E-state index contributed by atoms with van der Waals surface area (Å²) in [6.07, 6.45) is 2.55. The number of methoxy groups -OCH3 is 1. The van der Waals surface area contributed by atoms with Gasteiger partial charge in [-0.3, -0.25) is 0 Å². The SMILES string of the molecule is COc1ccc([C@H](C)NC[C@@H]2CCCO2)cc1F. The van der Waals surface area contributed by atoms with E-state index >= 15 is 0 Å². The van der Waals surface area contributed by atoms with Gasteiger partial charge in [0.25, 0.3) is 0 Å². The van der Waals surface area contributed by atoms with Crippen molar-refractivity contribution in [1.82, 2.24) is 5.32 Å². The van der Waals surface area contributed by atoms with E-state index in [2.05, 4.69) is 5.32 Å². The second-order valence-electron chi connectivity index (χ2n) is 4.66. The molecule has 0 radical (unpaired) electrons. The fraction of sp³-hybridized carbons (Fsp3) is 0.571. The van der Waals surface area contributed by atoms with Gasteiger partial charge in [-0.05, 0) is 37.5 Å². The van der Waals surface area contributed by atoms with E-state index in [0.29, 0.717) is 6.10 Å². The van der Waals surface area contributed by atoms with E-state index in [1.165, 1.54) is 13.2 Å². The lowest BCUT2D eigenvalue weighted by molar-refractivity contribution is 0.108. The summed E-state index contributed by atoms with van der Waals surface area (Å²) < 4.78 is 24.0. The van der Waals surface area contributed by atoms with E-state index in [9.17, 15) is 4.39 Å². The molecule has 0 amide bonds. The Morgan fingerprint density at radius 1 is 1.56 bits per heavy atom. The van der Waals surface area contributed by atoms with Gasteiger partial charge in [0.15, 0.2) is 11.6 Å². The number of benzene rings is 1. The second kappa shape index (κ2) is 6.16. The second-order valence-corrected chi connectivity index (χ2v) is 4.66. The zero-order valence-electron chi connectivity index (χ0n) is 10.9. The fourth-order valence-electron chi connectivity index (χ4n) is 2.18. The maximum atomic E-state index is 13.6. The van der Waals surface area contributed by atoms with E-state index in [1.54, 1.807) is 6.07 Å². The van der Waals surface area contributed by atoms with Crippen LogP contribution in [0, 0.1) is 5.82 Å². The number of nitrogens with one attached hydrogen (secondary N) is 1. The smallest absolute Gasteiger partial charge is 0.165 e. The highest BCUT2D eigenvalue weighted by Crippen LogP contribution is 2.22. The molecule has 1 fully saturated rings. The molecule has 1 aliphatic heterocycles. The van der Waals surface area contributed by atoms with Crippen LogP contribution in [0.3, 0.4) is 0 Å². The lowest BCUT2D eigenvalue weighted by Gasteiger charge is -2.17. The Balaban J connectivity index is 1.91. The molecule has 2 rings (SSSR count). The first-order valence-corrected chi connectivity index (χ1v) is 6.39. The van der Waals surface area contributed by atoms with Crippen LogP contribution in [-0.2, 0) is 4.74 Å². The maximum absolute atomic E-state index is 13.6. The molecule has 4 heteroatoms. The molecule has 2 atom stereocenters. The van der Waals surface area contributed by atoms with Crippen LogP contribution in [-0.4, -0.2) is 26.4 Å². The number of ether oxygens (including phenoxy) is 2. The van der Waals surface area contributed by atoms with Gasteiger partial charge in [0.1, 0.15) is 0 Å². The lowest BCUT2D eigenvalue weighted by Crippen LogP contribution is -2.28. The van der Waals surface area contributed by atoms with Crippen molar-refractivity contribution >= 4 is 0 Å². The Labute approximate surface area is 107 Å². The third-order valence-electron chi connectivity index (χ3n) is 3.35. The Morgan fingerprint density at radius 3 is 3.00 bits per heavy atom. The van der Waals surface area contributed by atoms with Crippen molar-refractivity contribution in [3.63, 3.8) is 0 Å². The average molecular weight is 253 g/mol. The highest BCUT2D eigenvalue weighted by Gasteiger charge is 2.16. The zero-order chi connectivity index (χ0) is 13.0. The van der Waals surface area contributed by atoms with Crippen LogP contribution in [0.1, 0.15) is 31.4 Å². The Morgan fingerprint density at radius 2 is 2.39 bits per heavy atom. The molecule has 1 saturated heterocycles. The molecule has 0 saturated carbocycles. The quantitative estimate of drug-likeness (QED) is 0.875. The van der Waals surface area contributed by atoms with Crippen molar-refractivity contribution < 1.29 is 13.9 Å². The van der Waals surface area contributed by atoms with Gasteiger partial charge in [0.2, 0.25) is 0 Å². The number of hydrogen-bond acceptors (Lipinski definition) is 3. The standard InChI is InChI=1S/C14H20FNO2/c1-10(16-9-12-4-3-7-18-12)11-5-6-14(17-2)13(15)8-11/h5-6,8,10,12,16H,3-4,7,9H2,1-2H3/t10-,12-/m0/s1. The summed E-state index contributed by atoms with van der Waals surface area (Å²) in [7, 11) is 1.47. The van der Waals surface area contributed by atoms with Crippen LogP contribution in [0.25, 0.3) is 0 Å². The number of rotatable bonds is 5. The molecule has 100 valence electrons. The van der Waals surface area contributed by atoms with Gasteiger partial charge in [-0.2, -0.15) is 0 Å². The molecule has 1 heterocycles. The number of halogens is 1. The first kappa shape index (κ1) is 13.3. The van der Waals surface area contributed by atoms with Crippen molar-refractivity contribution in [2.75, 3.05) is 20.3 Å². The van der Waals surface area contributed by atoms with Gasteiger partial charge >= 0.3 is 0 Å². The predicted octanol–water partition coefficient (Wildman–Crippen LogP) is 2.66. The molecule has 0 spiro atoms. The minimum absolute atomic E-state index is 0.106. The van der Waals surface area contributed by atoms with Crippen molar-refractivity contribution in [3.8, 4) is 5.75 Å². The van der Waals surface area contributed by atoms with Gasteiger partial charge in [-0.25, -0.2) is 4.39 Å². The average Bonchev–Trinajstić information content (AvgIpc) is 2.89. The summed E-state index contributed by atoms with van der Waals surface area (Å²) in [4.78, 5) is 0. The van der Waals surface area contributed by atoms with Crippen LogP contribution < -0.4 is 10.1 Å². The van der Waals surface area contributed by atoms with Crippen molar-refractivity contribution in [2.24, 2.45) is 0 Å². The van der Waals surface area contributed by atoms with Gasteiger partial charge in [-0.15, -0.1) is 0 Å². The molecular weight excluding hydrogens is 233 g/mol. The minimum Gasteiger partial charge on any atom is -0.494 e. The molecule has 0 bridgehead atoms. The van der Waals surface area contributed by atoms with Crippen LogP contribution in [0.2, 0.25) is 0 Å². The predicted molar refractivity (Wildman–Crippen MR) is 68.3 cm³/mol. The Kier molecular flexibility index (Phi) is 4.55. The van der Waals surface area contributed by atoms with E-state index in [-0.39, 0.29) is 17.6 Å². The van der Waals surface area contributed by atoms with Gasteiger partial charge in [0, 0.05) is 19.2 Å². The van der Waals surface area contributed by atoms with E-state index in [4.69, 9.17) is 9.47 Å². The van der Waals surface area contributed by atoms with Crippen molar-refractivity contribution in [2.45, 2.75) is 31.9 Å². The van der Waals surface area contributed by atoms with Crippen LogP contribution in [0.5, 0.6) is 5.75 Å². The fourth-order valence-corrected chi connectivity index (χ4v) is 2.18. The molecule has 1 aliphatic rings. The molecule has 0 aromatic heterocycles. The van der Waals surface area contributed by atoms with Crippen LogP contribution in [0.15, 0.2) is 18.2 Å². The summed E-state index contributed by atoms with van der Waals surface area (Å²) in [6, 6.07) is 5.17. The normalized spacial score (nSPS) is 20.9. The first-order valence-electron chi connectivity index (χ1n) is 6.39. The highest BCUT2D eigenvalue weighted by molar-refractivity contribution is 5.30. The zero-order valence-corrected chi connectivity index (χ0v) is 10.9. The number of hydrogen-bond donors (Lipinski definition) is 1. The van der Waals surface area contributed by atoms with E-state index in [1.807, 2.05) is 13.0 Å². The minimum atomic E-state index is -0.319. The van der Waals surface area contributed by atoms with E-state index in [0.717, 1.165) is 31.6 Å². The first-order chi connectivity index (χ1) is 8.70. The lowest BCUT2D eigenvalue weighted by atomic mass is 10.1. The molecule has 0 unspecified atom stereocenters. The summed E-state index contributed by atoms with van der Waals surface area (Å²) in [5.74, 6) is -0.0363. The molecular formula is C14H20FNO2. The third-order valence-corrected chi connectivity index (χ3v) is 3.35. The molecule has 1 N–H and O–H groups in total. The molecule has 3 nitrogen and oxygen atoms in total. The largest absolute Gasteiger partial charge is 0.494 e. The summed E-state index contributed by atoms with van der Waals surface area (Å²) in [5, 5.41) is 3.37. The summed E-state index contributed by atoms with van der Waals surface area (Å²) in [5.41, 5.74) is 0.922. The summed E-state index contributed by atoms with van der Waals surface area (Å²) >= 11 is 0. The van der Waals surface area contributed by atoms with Crippen molar-refractivity contribution in [3.05, 3.63) is 29.6 Å². The van der Waals surface area contributed by atoms with Crippen LogP contribution >= 0.6 is 0 Å². The van der Waals surface area contributed by atoms with E-state index < -0.39 is 0 Å². The van der Waals surface area contributed by atoms with Crippen LogP contribution in [0.4, 0.5) is 4.39 Å². The topological polar surface area (TPSA) is 30.5 Å². The van der Waals surface area contributed by atoms with Gasteiger partial charge < -0.3 is 14.8 Å². The Bertz CT molecular complexity index is 391.